The fourth-order valence-electron chi connectivity index (χ4n) is 2.20. The van der Waals surface area contributed by atoms with Crippen molar-refractivity contribution >= 4 is 23.5 Å². The SMILES string of the molecule is COCCOc1ccccc1C(NN)C1CSCCS1. The highest BCUT2D eigenvalue weighted by Gasteiger charge is 2.27. The van der Waals surface area contributed by atoms with Gasteiger partial charge in [-0.05, 0) is 6.07 Å². The van der Waals surface area contributed by atoms with E-state index in [1.54, 1.807) is 7.11 Å². The number of hydrazine groups is 1. The second-order valence-corrected chi connectivity index (χ2v) is 7.00. The van der Waals surface area contributed by atoms with Crippen molar-refractivity contribution in [3.05, 3.63) is 29.8 Å². The molecule has 2 unspecified atom stereocenters. The molecule has 4 nitrogen and oxygen atoms in total. The summed E-state index contributed by atoms with van der Waals surface area (Å²) in [5.41, 5.74) is 4.10. The van der Waals surface area contributed by atoms with Gasteiger partial charge in [0.2, 0.25) is 0 Å². The predicted octanol–water partition coefficient (Wildman–Crippen LogP) is 2.06. The molecule has 6 heteroatoms. The van der Waals surface area contributed by atoms with Crippen molar-refractivity contribution in [2.75, 3.05) is 37.6 Å². The van der Waals surface area contributed by atoms with Gasteiger partial charge in [0.25, 0.3) is 0 Å². The van der Waals surface area contributed by atoms with Crippen LogP contribution in [0.25, 0.3) is 0 Å². The Hall–Kier alpha value is -0.400. The van der Waals surface area contributed by atoms with E-state index in [-0.39, 0.29) is 6.04 Å². The van der Waals surface area contributed by atoms with Gasteiger partial charge in [-0.3, -0.25) is 11.3 Å². The third-order valence-electron chi connectivity index (χ3n) is 3.19. The first-order chi connectivity index (χ1) is 9.86. The molecule has 1 saturated heterocycles. The number of hydrogen-bond donors (Lipinski definition) is 2. The lowest BCUT2D eigenvalue weighted by Crippen LogP contribution is -2.38. The van der Waals surface area contributed by atoms with E-state index in [9.17, 15) is 0 Å². The minimum Gasteiger partial charge on any atom is -0.491 e. The van der Waals surface area contributed by atoms with Crippen LogP contribution in [0.4, 0.5) is 0 Å². The largest absolute Gasteiger partial charge is 0.491 e. The summed E-state index contributed by atoms with van der Waals surface area (Å²) in [6, 6.07) is 8.22. The minimum absolute atomic E-state index is 0.117. The van der Waals surface area contributed by atoms with E-state index in [0.29, 0.717) is 18.5 Å². The Morgan fingerprint density at radius 3 is 2.90 bits per heavy atom. The van der Waals surface area contributed by atoms with Gasteiger partial charge in [-0.1, -0.05) is 18.2 Å². The maximum absolute atomic E-state index is 5.81. The van der Waals surface area contributed by atoms with Crippen LogP contribution < -0.4 is 16.0 Å². The molecule has 0 radical (unpaired) electrons. The summed E-state index contributed by atoms with van der Waals surface area (Å²) in [4.78, 5) is 0. The van der Waals surface area contributed by atoms with Crippen LogP contribution in [0.3, 0.4) is 0 Å². The maximum atomic E-state index is 5.81. The van der Waals surface area contributed by atoms with Gasteiger partial charge in [-0.15, -0.1) is 0 Å². The van der Waals surface area contributed by atoms with Gasteiger partial charge in [0.1, 0.15) is 12.4 Å². The molecule has 0 spiro atoms. The Morgan fingerprint density at radius 2 is 2.20 bits per heavy atom. The van der Waals surface area contributed by atoms with Crippen molar-refractivity contribution in [1.29, 1.82) is 0 Å². The monoisotopic (exact) mass is 314 g/mol. The molecule has 3 N–H and O–H groups in total. The first-order valence-corrected chi connectivity index (χ1v) is 8.93. The van der Waals surface area contributed by atoms with E-state index in [1.165, 1.54) is 11.5 Å². The number of ether oxygens (including phenoxy) is 2. The fourth-order valence-corrected chi connectivity index (χ4v) is 5.04. The molecular formula is C14H22N2O2S2. The zero-order valence-corrected chi connectivity index (χ0v) is 13.3. The average Bonchev–Trinajstić information content (AvgIpc) is 2.51. The van der Waals surface area contributed by atoms with E-state index < -0.39 is 0 Å². The van der Waals surface area contributed by atoms with Crippen molar-refractivity contribution in [1.82, 2.24) is 5.43 Å². The molecule has 0 aliphatic carbocycles. The van der Waals surface area contributed by atoms with Gasteiger partial charge in [-0.2, -0.15) is 23.5 Å². The second kappa shape index (κ2) is 8.79. The Balaban J connectivity index is 2.11. The molecule has 20 heavy (non-hydrogen) atoms. The van der Waals surface area contributed by atoms with Crippen LogP contribution >= 0.6 is 23.5 Å². The van der Waals surface area contributed by atoms with Crippen LogP contribution in [0.5, 0.6) is 5.75 Å². The van der Waals surface area contributed by atoms with Crippen molar-refractivity contribution in [2.45, 2.75) is 11.3 Å². The summed E-state index contributed by atoms with van der Waals surface area (Å²) in [6.07, 6.45) is 0. The Labute approximate surface area is 129 Å². The number of nitrogens with one attached hydrogen (secondary N) is 1. The number of para-hydroxylation sites is 1. The molecule has 112 valence electrons. The summed E-state index contributed by atoms with van der Waals surface area (Å²) in [5, 5.41) is 0.478. The molecule has 2 rings (SSSR count). The Morgan fingerprint density at radius 1 is 1.35 bits per heavy atom. The summed E-state index contributed by atoms with van der Waals surface area (Å²) in [7, 11) is 1.68. The van der Waals surface area contributed by atoms with E-state index in [4.69, 9.17) is 15.3 Å². The zero-order valence-electron chi connectivity index (χ0n) is 11.7. The lowest BCUT2D eigenvalue weighted by Gasteiger charge is -2.30. The molecule has 0 amide bonds. The first kappa shape index (κ1) is 16.0. The number of nitrogens with two attached hydrogens (primary N) is 1. The molecule has 1 fully saturated rings. The summed E-state index contributed by atoms with van der Waals surface area (Å²) in [5.74, 6) is 10.2. The lowest BCUT2D eigenvalue weighted by molar-refractivity contribution is 0.145. The molecular weight excluding hydrogens is 292 g/mol. The second-order valence-electron chi connectivity index (χ2n) is 4.51. The van der Waals surface area contributed by atoms with Gasteiger partial charge in [0.15, 0.2) is 0 Å². The lowest BCUT2D eigenvalue weighted by atomic mass is 10.0. The highest BCUT2D eigenvalue weighted by Crippen LogP contribution is 2.36. The maximum Gasteiger partial charge on any atom is 0.124 e. The van der Waals surface area contributed by atoms with Crippen molar-refractivity contribution < 1.29 is 9.47 Å². The van der Waals surface area contributed by atoms with Crippen LogP contribution in [-0.4, -0.2) is 42.8 Å². The smallest absolute Gasteiger partial charge is 0.124 e. The van der Waals surface area contributed by atoms with Gasteiger partial charge in [0.05, 0.1) is 12.6 Å². The molecule has 1 aromatic rings. The Kier molecular flexibility index (Phi) is 7.02. The molecule has 2 atom stereocenters. The summed E-state index contributed by atoms with van der Waals surface area (Å²) >= 11 is 3.98. The average molecular weight is 314 g/mol. The minimum atomic E-state index is 0.117. The number of methoxy groups -OCH3 is 1. The number of rotatable bonds is 7. The predicted molar refractivity (Wildman–Crippen MR) is 87.4 cm³/mol. The molecule has 0 aromatic heterocycles. The van der Waals surface area contributed by atoms with Crippen molar-refractivity contribution in [2.24, 2.45) is 5.84 Å². The van der Waals surface area contributed by atoms with E-state index >= 15 is 0 Å². The van der Waals surface area contributed by atoms with Crippen molar-refractivity contribution in [3.8, 4) is 5.75 Å². The van der Waals surface area contributed by atoms with E-state index in [1.807, 2.05) is 41.7 Å². The third-order valence-corrected chi connectivity index (χ3v) is 6.06. The standard InChI is InChI=1S/C14H22N2O2S2/c1-17-6-7-18-12-5-3-2-4-11(12)14(16-15)13-10-19-8-9-20-13/h2-5,13-14,16H,6-10,15H2,1H3. The van der Waals surface area contributed by atoms with E-state index in [2.05, 4.69) is 11.5 Å². The summed E-state index contributed by atoms with van der Waals surface area (Å²) in [6.45, 7) is 1.14. The van der Waals surface area contributed by atoms with Crippen LogP contribution in [0.1, 0.15) is 11.6 Å². The Bertz CT molecular complexity index is 401. The van der Waals surface area contributed by atoms with Crippen LogP contribution in [-0.2, 0) is 4.74 Å². The molecule has 0 bridgehead atoms. The summed E-state index contributed by atoms with van der Waals surface area (Å²) < 4.78 is 10.8. The van der Waals surface area contributed by atoms with Gasteiger partial charge in [0, 0.05) is 35.2 Å². The number of thioether (sulfide) groups is 2. The third kappa shape index (κ3) is 4.30. The van der Waals surface area contributed by atoms with Crippen LogP contribution in [0.15, 0.2) is 24.3 Å². The first-order valence-electron chi connectivity index (χ1n) is 6.73. The van der Waals surface area contributed by atoms with Gasteiger partial charge >= 0.3 is 0 Å². The molecule has 1 aliphatic heterocycles. The van der Waals surface area contributed by atoms with Gasteiger partial charge in [-0.25, -0.2) is 0 Å². The molecule has 0 saturated carbocycles. The topological polar surface area (TPSA) is 56.5 Å². The van der Waals surface area contributed by atoms with Gasteiger partial charge < -0.3 is 9.47 Å². The van der Waals surface area contributed by atoms with Crippen LogP contribution in [0, 0.1) is 0 Å². The highest BCUT2D eigenvalue weighted by atomic mass is 32.2. The number of benzene rings is 1. The van der Waals surface area contributed by atoms with Crippen molar-refractivity contribution in [3.63, 3.8) is 0 Å². The molecule has 1 heterocycles. The number of hydrogen-bond acceptors (Lipinski definition) is 6. The molecule has 1 aliphatic rings. The highest BCUT2D eigenvalue weighted by molar-refractivity contribution is 8.06. The zero-order chi connectivity index (χ0) is 14.2. The quantitative estimate of drug-likeness (QED) is 0.456. The molecule has 1 aromatic carbocycles. The van der Waals surface area contributed by atoms with E-state index in [0.717, 1.165) is 17.1 Å². The fraction of sp³-hybridized carbons (Fsp3) is 0.571. The van der Waals surface area contributed by atoms with Crippen LogP contribution in [0.2, 0.25) is 0 Å². The normalized spacial score (nSPS) is 20.6.